The zero-order valence-electron chi connectivity index (χ0n) is 8.74. The lowest BCUT2D eigenvalue weighted by Gasteiger charge is -2.13. The molecule has 0 unspecified atom stereocenters. The van der Waals surface area contributed by atoms with Crippen LogP contribution in [0.25, 0.3) is 0 Å². The molecular formula is C9H11Cl2NO5. The zero-order chi connectivity index (χ0) is 13.4. The van der Waals surface area contributed by atoms with Gasteiger partial charge in [-0.2, -0.15) is 0 Å². The Balaban J connectivity index is 4.15. The monoisotopic (exact) mass is 283 g/mol. The minimum absolute atomic E-state index is 0.0990. The first-order valence-corrected chi connectivity index (χ1v) is 5.47. The van der Waals surface area contributed by atoms with Gasteiger partial charge in [-0.25, -0.2) is 0 Å². The SMILES string of the molecule is O=C(O)CC[C@H](NC(=O)CCC(=O)Cl)C(=O)Cl. The second kappa shape index (κ2) is 8.03. The van der Waals surface area contributed by atoms with Crippen LogP contribution in [-0.4, -0.2) is 33.5 Å². The Hall–Kier alpha value is -1.14. The molecule has 0 radical (unpaired) electrons. The van der Waals surface area contributed by atoms with E-state index in [9.17, 15) is 19.2 Å². The molecule has 0 fully saturated rings. The lowest BCUT2D eigenvalue weighted by Crippen LogP contribution is -2.39. The smallest absolute Gasteiger partial charge is 0.303 e. The van der Waals surface area contributed by atoms with Gasteiger partial charge in [0.15, 0.2) is 0 Å². The standard InChI is InChI=1S/C9H11Cl2NO5/c10-6(13)2-3-7(14)12-5(9(11)17)1-4-8(15)16/h5H,1-4H2,(H,12,14)(H,15,16)/t5-/m0/s1. The lowest BCUT2D eigenvalue weighted by atomic mass is 10.1. The third-order valence-electron chi connectivity index (χ3n) is 1.80. The highest BCUT2D eigenvalue weighted by atomic mass is 35.5. The van der Waals surface area contributed by atoms with Crippen molar-refractivity contribution in [3.8, 4) is 0 Å². The van der Waals surface area contributed by atoms with Crippen molar-refractivity contribution in [1.82, 2.24) is 5.32 Å². The van der Waals surface area contributed by atoms with Crippen LogP contribution in [0.1, 0.15) is 25.7 Å². The molecule has 0 saturated carbocycles. The molecule has 0 aliphatic heterocycles. The van der Waals surface area contributed by atoms with Crippen molar-refractivity contribution in [2.24, 2.45) is 0 Å². The summed E-state index contributed by atoms with van der Waals surface area (Å²) in [6.45, 7) is 0. The van der Waals surface area contributed by atoms with Crippen molar-refractivity contribution in [3.63, 3.8) is 0 Å². The van der Waals surface area contributed by atoms with E-state index < -0.39 is 28.4 Å². The van der Waals surface area contributed by atoms with Crippen LogP contribution >= 0.6 is 23.2 Å². The number of aliphatic carboxylic acids is 1. The quantitative estimate of drug-likeness (QED) is 0.637. The van der Waals surface area contributed by atoms with Crippen molar-refractivity contribution in [3.05, 3.63) is 0 Å². The fraction of sp³-hybridized carbons (Fsp3) is 0.556. The van der Waals surface area contributed by atoms with E-state index in [1.165, 1.54) is 0 Å². The van der Waals surface area contributed by atoms with Gasteiger partial charge in [-0.1, -0.05) is 0 Å². The van der Waals surface area contributed by atoms with E-state index in [0.717, 1.165) is 0 Å². The van der Waals surface area contributed by atoms with E-state index in [0.29, 0.717) is 0 Å². The molecule has 0 aliphatic carbocycles. The van der Waals surface area contributed by atoms with Crippen molar-refractivity contribution in [2.75, 3.05) is 0 Å². The number of carboxylic acids is 1. The van der Waals surface area contributed by atoms with Gasteiger partial charge < -0.3 is 10.4 Å². The van der Waals surface area contributed by atoms with Crippen LogP contribution < -0.4 is 5.32 Å². The summed E-state index contributed by atoms with van der Waals surface area (Å²) in [5, 5.41) is 9.14. The van der Waals surface area contributed by atoms with E-state index in [-0.39, 0.29) is 25.7 Å². The van der Waals surface area contributed by atoms with E-state index in [4.69, 9.17) is 28.3 Å². The van der Waals surface area contributed by atoms with E-state index in [2.05, 4.69) is 5.32 Å². The molecule has 0 aliphatic rings. The van der Waals surface area contributed by atoms with Gasteiger partial charge in [-0.3, -0.25) is 19.2 Å². The summed E-state index contributed by atoms with van der Waals surface area (Å²) >= 11 is 10.2. The summed E-state index contributed by atoms with van der Waals surface area (Å²) in [5.74, 6) is -1.68. The lowest BCUT2D eigenvalue weighted by molar-refractivity contribution is -0.137. The summed E-state index contributed by atoms with van der Waals surface area (Å²) < 4.78 is 0. The number of rotatable bonds is 8. The van der Waals surface area contributed by atoms with Gasteiger partial charge in [-0.05, 0) is 29.6 Å². The van der Waals surface area contributed by atoms with Gasteiger partial charge in [0.1, 0.15) is 6.04 Å². The van der Waals surface area contributed by atoms with E-state index in [1.807, 2.05) is 0 Å². The Bertz CT molecular complexity index is 331. The van der Waals surface area contributed by atoms with Crippen LogP contribution in [0, 0.1) is 0 Å². The summed E-state index contributed by atoms with van der Waals surface area (Å²) in [4.78, 5) is 42.8. The number of nitrogens with one attached hydrogen (secondary N) is 1. The van der Waals surface area contributed by atoms with Gasteiger partial charge >= 0.3 is 5.97 Å². The van der Waals surface area contributed by atoms with Crippen molar-refractivity contribution in [1.29, 1.82) is 0 Å². The Morgan fingerprint density at radius 2 is 1.65 bits per heavy atom. The molecule has 8 heteroatoms. The zero-order valence-corrected chi connectivity index (χ0v) is 10.3. The molecule has 0 bridgehead atoms. The largest absolute Gasteiger partial charge is 0.481 e. The molecule has 17 heavy (non-hydrogen) atoms. The van der Waals surface area contributed by atoms with Crippen LogP contribution in [-0.2, 0) is 19.2 Å². The van der Waals surface area contributed by atoms with Gasteiger partial charge in [0.05, 0.1) is 0 Å². The molecule has 0 aromatic carbocycles. The third kappa shape index (κ3) is 8.65. The molecular weight excluding hydrogens is 273 g/mol. The predicted octanol–water partition coefficient (Wildman–Crippen LogP) is 0.647. The number of halogens is 2. The first-order valence-electron chi connectivity index (χ1n) is 4.71. The second-order valence-electron chi connectivity index (χ2n) is 3.21. The Morgan fingerprint density at radius 1 is 1.06 bits per heavy atom. The average Bonchev–Trinajstić information content (AvgIpc) is 2.20. The summed E-state index contributed by atoms with van der Waals surface area (Å²) in [7, 11) is 0. The fourth-order valence-electron chi connectivity index (χ4n) is 0.989. The second-order valence-corrected chi connectivity index (χ2v) is 4.01. The molecule has 96 valence electrons. The van der Waals surface area contributed by atoms with Gasteiger partial charge in [0.25, 0.3) is 0 Å². The van der Waals surface area contributed by atoms with Crippen LogP contribution in [0.4, 0.5) is 0 Å². The van der Waals surface area contributed by atoms with Crippen LogP contribution in [0.15, 0.2) is 0 Å². The Kier molecular flexibility index (Phi) is 7.49. The highest BCUT2D eigenvalue weighted by Gasteiger charge is 2.19. The molecule has 6 nitrogen and oxygen atoms in total. The topological polar surface area (TPSA) is 101 Å². The van der Waals surface area contributed by atoms with Crippen molar-refractivity contribution < 1.29 is 24.3 Å². The van der Waals surface area contributed by atoms with Gasteiger partial charge in [-0.15, -0.1) is 0 Å². The first-order chi connectivity index (χ1) is 7.82. The molecule has 1 amide bonds. The average molecular weight is 284 g/mol. The number of hydrogen-bond acceptors (Lipinski definition) is 4. The molecule has 0 aromatic heterocycles. The summed E-state index contributed by atoms with van der Waals surface area (Å²) in [6, 6.07) is -1.06. The van der Waals surface area contributed by atoms with Crippen molar-refractivity contribution >= 4 is 45.6 Å². The highest BCUT2D eigenvalue weighted by Crippen LogP contribution is 2.03. The van der Waals surface area contributed by atoms with Gasteiger partial charge in [0.2, 0.25) is 16.4 Å². The van der Waals surface area contributed by atoms with Crippen molar-refractivity contribution in [2.45, 2.75) is 31.7 Å². The minimum atomic E-state index is -1.10. The maximum absolute atomic E-state index is 11.2. The van der Waals surface area contributed by atoms with E-state index in [1.54, 1.807) is 0 Å². The molecule has 0 heterocycles. The first kappa shape index (κ1) is 15.9. The molecule has 0 saturated heterocycles. The molecule has 1 atom stereocenters. The predicted molar refractivity (Wildman–Crippen MR) is 59.8 cm³/mol. The minimum Gasteiger partial charge on any atom is -0.481 e. The maximum Gasteiger partial charge on any atom is 0.303 e. The molecule has 0 rings (SSSR count). The number of carboxylic acid groups (broad SMARTS) is 1. The number of carbonyl (C=O) groups is 4. The summed E-state index contributed by atoms with van der Waals surface area (Å²) in [5.41, 5.74) is 0. The number of amides is 1. The number of carbonyl (C=O) groups excluding carboxylic acids is 3. The Labute approximate surface area is 107 Å². The Morgan fingerprint density at radius 3 is 2.06 bits per heavy atom. The maximum atomic E-state index is 11.2. The van der Waals surface area contributed by atoms with Gasteiger partial charge in [0, 0.05) is 19.3 Å². The normalized spacial score (nSPS) is 11.6. The third-order valence-corrected chi connectivity index (χ3v) is 2.26. The van der Waals surface area contributed by atoms with Crippen LogP contribution in [0.5, 0.6) is 0 Å². The van der Waals surface area contributed by atoms with E-state index >= 15 is 0 Å². The highest BCUT2D eigenvalue weighted by molar-refractivity contribution is 6.65. The summed E-state index contributed by atoms with van der Waals surface area (Å²) in [6.07, 6.45) is -0.721. The molecule has 0 spiro atoms. The van der Waals surface area contributed by atoms with Crippen LogP contribution in [0.2, 0.25) is 0 Å². The molecule has 2 N–H and O–H groups in total. The van der Waals surface area contributed by atoms with Crippen LogP contribution in [0.3, 0.4) is 0 Å². The number of hydrogen-bond donors (Lipinski definition) is 2. The molecule has 0 aromatic rings. The fourth-order valence-corrected chi connectivity index (χ4v) is 1.25.